The highest BCUT2D eigenvalue weighted by atomic mass is 16.2. The fourth-order valence-electron chi connectivity index (χ4n) is 2.85. The molecule has 1 unspecified atom stereocenters. The Morgan fingerprint density at radius 1 is 1.04 bits per heavy atom. The molecule has 0 saturated carbocycles. The molecule has 0 aromatic rings. The molecule has 1 aliphatic heterocycles. The highest BCUT2D eigenvalue weighted by molar-refractivity contribution is 6.01. The summed E-state index contributed by atoms with van der Waals surface area (Å²) < 4.78 is 0. The third-order valence-corrected chi connectivity index (χ3v) is 4.00. The first-order valence-electron chi connectivity index (χ1n) is 8.45. The Morgan fingerprint density at radius 3 is 2.17 bits per heavy atom. The zero-order valence-corrected chi connectivity index (χ0v) is 14.6. The fraction of sp³-hybridized carbons (Fsp3) is 0.812. The van der Waals surface area contributed by atoms with E-state index in [1.807, 2.05) is 4.90 Å². The Kier molecular flexibility index (Phi) is 8.19. The van der Waals surface area contributed by atoms with Gasteiger partial charge in [-0.1, -0.05) is 26.7 Å². The Labute approximate surface area is 138 Å². The Bertz CT molecular complexity index is 428. The number of urea groups is 1. The lowest BCUT2D eigenvalue weighted by Crippen LogP contribution is -2.66. The van der Waals surface area contributed by atoms with Gasteiger partial charge in [-0.15, -0.1) is 0 Å². The van der Waals surface area contributed by atoms with Crippen molar-refractivity contribution >= 4 is 17.6 Å². The third-order valence-electron chi connectivity index (χ3n) is 4.00. The van der Waals surface area contributed by atoms with Crippen molar-refractivity contribution in [2.45, 2.75) is 59.0 Å². The Hall–Kier alpha value is -1.47. The maximum Gasteiger partial charge on any atom is 0.317 e. The number of amides is 2. The normalized spacial score (nSPS) is 19.8. The summed E-state index contributed by atoms with van der Waals surface area (Å²) in [6.07, 6.45) is 3.13. The third kappa shape index (κ3) is 5.91. The molecule has 132 valence electrons. The molecule has 0 bridgehead atoms. The van der Waals surface area contributed by atoms with Crippen molar-refractivity contribution in [3.8, 4) is 0 Å². The van der Waals surface area contributed by atoms with Gasteiger partial charge in [-0.3, -0.25) is 24.3 Å². The summed E-state index contributed by atoms with van der Waals surface area (Å²) in [5.74, 6) is -0.439. The van der Waals surface area contributed by atoms with Gasteiger partial charge >= 0.3 is 6.03 Å². The van der Waals surface area contributed by atoms with E-state index in [0.29, 0.717) is 19.9 Å². The molecule has 1 saturated heterocycles. The molecule has 1 aliphatic rings. The first-order chi connectivity index (χ1) is 10.9. The van der Waals surface area contributed by atoms with Crippen LogP contribution in [0.1, 0.15) is 52.9 Å². The summed E-state index contributed by atoms with van der Waals surface area (Å²) in [4.78, 5) is 41.1. The summed E-state index contributed by atoms with van der Waals surface area (Å²) in [6.45, 7) is 8.11. The van der Waals surface area contributed by atoms with Crippen molar-refractivity contribution in [2.75, 3.05) is 26.4 Å². The number of unbranched alkanes of at least 4 members (excludes halogenated alkanes) is 2. The summed E-state index contributed by atoms with van der Waals surface area (Å²) in [6, 6.07) is -0.616. The second-order valence-corrected chi connectivity index (χ2v) is 6.22. The van der Waals surface area contributed by atoms with E-state index < -0.39 is 12.2 Å². The largest absolute Gasteiger partial charge is 0.351 e. The minimum absolute atomic E-state index is 0.161. The monoisotopic (exact) mass is 326 g/mol. The summed E-state index contributed by atoms with van der Waals surface area (Å²) >= 11 is 0. The van der Waals surface area contributed by atoms with Gasteiger partial charge < -0.3 is 5.73 Å². The number of carbonyl (C=O) groups excluding carboxylic acids is 3. The van der Waals surface area contributed by atoms with Gasteiger partial charge in [-0.05, 0) is 19.8 Å². The van der Waals surface area contributed by atoms with Gasteiger partial charge in [0.1, 0.15) is 11.9 Å². The van der Waals surface area contributed by atoms with Gasteiger partial charge in [0.15, 0.2) is 5.78 Å². The van der Waals surface area contributed by atoms with Crippen molar-refractivity contribution in [1.82, 2.24) is 14.7 Å². The molecule has 1 rings (SSSR count). The molecule has 2 N–H and O–H groups in total. The number of rotatable bonds is 9. The SMILES string of the molecule is CCCCN1CN(CCCC)C(C(=O)CC(C)=O)N(C(N)=O)C1. The molecule has 7 heteroatoms. The molecule has 1 atom stereocenters. The molecule has 2 amide bonds. The fourth-order valence-corrected chi connectivity index (χ4v) is 2.85. The zero-order valence-electron chi connectivity index (χ0n) is 14.6. The van der Waals surface area contributed by atoms with Gasteiger partial charge in [0.2, 0.25) is 0 Å². The molecule has 0 spiro atoms. The molecule has 0 aliphatic carbocycles. The number of nitrogens with zero attached hydrogens (tertiary/aromatic N) is 3. The van der Waals surface area contributed by atoms with Crippen molar-refractivity contribution in [3.05, 3.63) is 0 Å². The van der Waals surface area contributed by atoms with E-state index in [4.69, 9.17) is 5.73 Å². The van der Waals surface area contributed by atoms with E-state index in [0.717, 1.165) is 32.2 Å². The van der Waals surface area contributed by atoms with Crippen LogP contribution in [-0.4, -0.2) is 64.9 Å². The second-order valence-electron chi connectivity index (χ2n) is 6.22. The zero-order chi connectivity index (χ0) is 17.4. The quantitative estimate of drug-likeness (QED) is 0.647. The van der Waals surface area contributed by atoms with Crippen LogP contribution in [-0.2, 0) is 9.59 Å². The summed E-state index contributed by atoms with van der Waals surface area (Å²) in [5, 5.41) is 0. The average molecular weight is 326 g/mol. The molecular formula is C16H30N4O3. The Balaban J connectivity index is 2.95. The highest BCUT2D eigenvalue weighted by Crippen LogP contribution is 2.19. The van der Waals surface area contributed by atoms with E-state index in [1.54, 1.807) is 0 Å². The van der Waals surface area contributed by atoms with Gasteiger partial charge in [0, 0.05) is 13.1 Å². The molecule has 0 radical (unpaired) electrons. The predicted molar refractivity (Wildman–Crippen MR) is 88.5 cm³/mol. The van der Waals surface area contributed by atoms with Crippen molar-refractivity contribution in [3.63, 3.8) is 0 Å². The number of nitrogens with two attached hydrogens (primary N) is 1. The van der Waals surface area contributed by atoms with Crippen LogP contribution >= 0.6 is 0 Å². The maximum atomic E-state index is 12.5. The first kappa shape index (κ1) is 19.6. The van der Waals surface area contributed by atoms with Crippen molar-refractivity contribution < 1.29 is 14.4 Å². The van der Waals surface area contributed by atoms with Crippen LogP contribution in [0.3, 0.4) is 0 Å². The van der Waals surface area contributed by atoms with E-state index in [2.05, 4.69) is 18.7 Å². The van der Waals surface area contributed by atoms with Crippen LogP contribution in [0.5, 0.6) is 0 Å². The summed E-state index contributed by atoms with van der Waals surface area (Å²) in [5.41, 5.74) is 5.50. The molecule has 23 heavy (non-hydrogen) atoms. The minimum atomic E-state index is -0.721. The minimum Gasteiger partial charge on any atom is -0.351 e. The topological polar surface area (TPSA) is 87.0 Å². The maximum absolute atomic E-state index is 12.5. The molecule has 1 fully saturated rings. The van der Waals surface area contributed by atoms with Crippen LogP contribution in [0, 0.1) is 0 Å². The van der Waals surface area contributed by atoms with Crippen molar-refractivity contribution in [2.24, 2.45) is 5.73 Å². The number of ketones is 2. The number of Topliss-reactive ketones (excluding diaryl/α,β-unsaturated/α-hetero) is 2. The molecule has 0 aromatic carbocycles. The lowest BCUT2D eigenvalue weighted by Gasteiger charge is -2.47. The number of primary amides is 1. The van der Waals surface area contributed by atoms with Gasteiger partial charge in [-0.25, -0.2) is 4.79 Å². The van der Waals surface area contributed by atoms with Crippen LogP contribution in [0.25, 0.3) is 0 Å². The van der Waals surface area contributed by atoms with E-state index in [-0.39, 0.29) is 18.0 Å². The first-order valence-corrected chi connectivity index (χ1v) is 8.45. The van der Waals surface area contributed by atoms with Gasteiger partial charge in [-0.2, -0.15) is 0 Å². The number of hydrogen-bond donors (Lipinski definition) is 1. The van der Waals surface area contributed by atoms with Crippen LogP contribution < -0.4 is 5.73 Å². The number of hydrogen-bond acceptors (Lipinski definition) is 5. The van der Waals surface area contributed by atoms with E-state index in [9.17, 15) is 14.4 Å². The highest BCUT2D eigenvalue weighted by Gasteiger charge is 2.39. The van der Waals surface area contributed by atoms with E-state index >= 15 is 0 Å². The number of carbonyl (C=O) groups is 3. The van der Waals surface area contributed by atoms with Crippen LogP contribution in [0.15, 0.2) is 0 Å². The average Bonchev–Trinajstić information content (AvgIpc) is 2.49. The molecule has 7 nitrogen and oxygen atoms in total. The van der Waals surface area contributed by atoms with Crippen LogP contribution in [0.2, 0.25) is 0 Å². The van der Waals surface area contributed by atoms with Gasteiger partial charge in [0.25, 0.3) is 0 Å². The van der Waals surface area contributed by atoms with E-state index in [1.165, 1.54) is 11.8 Å². The second kappa shape index (κ2) is 9.62. The lowest BCUT2D eigenvalue weighted by molar-refractivity contribution is -0.141. The Morgan fingerprint density at radius 2 is 1.65 bits per heavy atom. The van der Waals surface area contributed by atoms with Crippen molar-refractivity contribution in [1.29, 1.82) is 0 Å². The smallest absolute Gasteiger partial charge is 0.317 e. The predicted octanol–water partition coefficient (Wildman–Crippen LogP) is 1.37. The lowest BCUT2D eigenvalue weighted by atomic mass is 10.1. The summed E-state index contributed by atoms with van der Waals surface area (Å²) in [7, 11) is 0. The molecule has 0 aromatic heterocycles. The standard InChI is InChI=1S/C16H30N4O3/c1-4-6-8-18-11-19(9-7-5-2)15(14(22)10-13(3)21)20(12-18)16(17)23/h15H,4-12H2,1-3H3,(H2,17,23). The van der Waals surface area contributed by atoms with Gasteiger partial charge in [0.05, 0.1) is 19.8 Å². The van der Waals surface area contributed by atoms with Crippen LogP contribution in [0.4, 0.5) is 4.79 Å². The molecule has 1 heterocycles. The molecular weight excluding hydrogens is 296 g/mol.